The van der Waals surface area contributed by atoms with Crippen molar-refractivity contribution in [2.75, 3.05) is 18.4 Å². The van der Waals surface area contributed by atoms with Crippen molar-refractivity contribution in [3.8, 4) is 0 Å². The Morgan fingerprint density at radius 3 is 2.15 bits per heavy atom. The van der Waals surface area contributed by atoms with Crippen LogP contribution < -0.4 is 10.4 Å². The second-order valence-electron chi connectivity index (χ2n) is 6.89. The van der Waals surface area contributed by atoms with E-state index in [0.29, 0.717) is 24.1 Å². The molecule has 1 aliphatic heterocycles. The number of nitrogens with one attached hydrogen (secondary N) is 1. The van der Waals surface area contributed by atoms with Crippen LogP contribution >= 0.6 is 0 Å². The lowest BCUT2D eigenvalue weighted by molar-refractivity contribution is -0.313. The lowest BCUT2D eigenvalue weighted by Crippen LogP contribution is -2.41. The minimum atomic E-state index is -1.20. The van der Waals surface area contributed by atoms with E-state index in [1.165, 1.54) is 0 Å². The Morgan fingerprint density at radius 1 is 0.923 bits per heavy atom. The third kappa shape index (κ3) is 4.12. The molecular formula is C20H23N2O4-. The normalized spacial score (nSPS) is 22.7. The topological polar surface area (TPSA) is 89.5 Å². The highest BCUT2D eigenvalue weighted by atomic mass is 16.4. The monoisotopic (exact) mass is 355 g/mol. The number of allylic oxidation sites excluding steroid dienone is 2. The maximum Gasteiger partial charge on any atom is 0.253 e. The standard InChI is InChI=1S/C20H24N2O4/c23-18(16-6-2-3-7-17(16)20(25)26)21-15-10-8-14(9-11-15)19(24)22-12-4-1-5-13-22/h2-3,8-11,16-17H,1,4-7,12-13H2,(H,21,23)(H,25,26)/p-1/t16-,17-/m1/s1. The number of hydrogen-bond acceptors (Lipinski definition) is 4. The largest absolute Gasteiger partial charge is 0.550 e. The molecule has 1 aliphatic carbocycles. The first-order chi connectivity index (χ1) is 12.6. The lowest BCUT2D eigenvalue weighted by Gasteiger charge is -2.28. The first kappa shape index (κ1) is 18.2. The third-order valence-corrected chi connectivity index (χ3v) is 5.11. The van der Waals surface area contributed by atoms with Crippen molar-refractivity contribution in [2.24, 2.45) is 11.8 Å². The molecule has 1 fully saturated rings. The number of rotatable bonds is 4. The summed E-state index contributed by atoms with van der Waals surface area (Å²) < 4.78 is 0. The van der Waals surface area contributed by atoms with Gasteiger partial charge < -0.3 is 20.1 Å². The van der Waals surface area contributed by atoms with Crippen molar-refractivity contribution in [1.82, 2.24) is 4.90 Å². The number of hydrogen-bond donors (Lipinski definition) is 1. The van der Waals surface area contributed by atoms with Gasteiger partial charge in [-0.25, -0.2) is 0 Å². The zero-order chi connectivity index (χ0) is 18.5. The van der Waals surface area contributed by atoms with Gasteiger partial charge in [-0.05, 0) is 56.4 Å². The molecule has 1 saturated heterocycles. The van der Waals surface area contributed by atoms with Gasteiger partial charge in [0.15, 0.2) is 0 Å². The van der Waals surface area contributed by atoms with E-state index in [9.17, 15) is 19.5 Å². The number of carboxylic acid groups (broad SMARTS) is 1. The smallest absolute Gasteiger partial charge is 0.253 e. The Balaban J connectivity index is 1.63. The zero-order valence-corrected chi connectivity index (χ0v) is 14.6. The molecule has 2 atom stereocenters. The van der Waals surface area contributed by atoms with E-state index in [1.54, 1.807) is 30.3 Å². The molecule has 2 aliphatic rings. The molecule has 138 valence electrons. The predicted molar refractivity (Wildman–Crippen MR) is 95.2 cm³/mol. The van der Waals surface area contributed by atoms with Gasteiger partial charge in [-0.15, -0.1) is 0 Å². The highest BCUT2D eigenvalue weighted by Crippen LogP contribution is 2.26. The van der Waals surface area contributed by atoms with Gasteiger partial charge in [0.2, 0.25) is 5.91 Å². The molecule has 0 spiro atoms. The molecule has 1 aromatic carbocycles. The van der Waals surface area contributed by atoms with E-state index in [-0.39, 0.29) is 11.8 Å². The van der Waals surface area contributed by atoms with Gasteiger partial charge >= 0.3 is 0 Å². The molecule has 0 unspecified atom stereocenters. The minimum absolute atomic E-state index is 0.0111. The molecule has 6 heteroatoms. The fourth-order valence-electron chi connectivity index (χ4n) is 3.58. The summed E-state index contributed by atoms with van der Waals surface area (Å²) in [5.41, 5.74) is 1.15. The summed E-state index contributed by atoms with van der Waals surface area (Å²) in [6.45, 7) is 1.58. The predicted octanol–water partition coefficient (Wildman–Crippen LogP) is 1.58. The van der Waals surface area contributed by atoms with Gasteiger partial charge in [0.05, 0.1) is 5.92 Å². The maximum absolute atomic E-state index is 12.5. The first-order valence-corrected chi connectivity index (χ1v) is 9.12. The molecule has 0 bridgehead atoms. The van der Waals surface area contributed by atoms with Gasteiger partial charge in [0.25, 0.3) is 5.91 Å². The fourth-order valence-corrected chi connectivity index (χ4v) is 3.58. The first-order valence-electron chi connectivity index (χ1n) is 9.12. The number of carbonyl (C=O) groups is 3. The van der Waals surface area contributed by atoms with Crippen molar-refractivity contribution in [1.29, 1.82) is 0 Å². The Labute approximate surface area is 152 Å². The van der Waals surface area contributed by atoms with Crippen LogP contribution in [-0.2, 0) is 9.59 Å². The molecular weight excluding hydrogens is 332 g/mol. The summed E-state index contributed by atoms with van der Waals surface area (Å²) in [5, 5.41) is 14.0. The molecule has 0 saturated carbocycles. The molecule has 1 heterocycles. The highest BCUT2D eigenvalue weighted by Gasteiger charge is 2.29. The Morgan fingerprint density at radius 2 is 1.54 bits per heavy atom. The average Bonchev–Trinajstić information content (AvgIpc) is 2.68. The van der Waals surface area contributed by atoms with Gasteiger partial charge in [-0.1, -0.05) is 12.2 Å². The van der Waals surface area contributed by atoms with E-state index in [1.807, 2.05) is 11.0 Å². The van der Waals surface area contributed by atoms with Crippen LogP contribution in [0.1, 0.15) is 42.5 Å². The van der Waals surface area contributed by atoms with Crippen molar-refractivity contribution < 1.29 is 19.5 Å². The SMILES string of the molecule is O=C([O-])[C@@H]1CC=CC[C@H]1C(=O)Nc1ccc(C(=O)N2CCCCC2)cc1. The number of carboxylic acids is 1. The van der Waals surface area contributed by atoms with Crippen molar-refractivity contribution in [2.45, 2.75) is 32.1 Å². The van der Waals surface area contributed by atoms with Crippen LogP contribution in [-0.4, -0.2) is 35.8 Å². The molecule has 3 rings (SSSR count). The van der Waals surface area contributed by atoms with Crippen LogP contribution in [0.5, 0.6) is 0 Å². The van der Waals surface area contributed by atoms with Crippen LogP contribution in [0, 0.1) is 11.8 Å². The van der Waals surface area contributed by atoms with Gasteiger partial charge in [0.1, 0.15) is 0 Å². The molecule has 26 heavy (non-hydrogen) atoms. The van der Waals surface area contributed by atoms with Crippen LogP contribution in [0.3, 0.4) is 0 Å². The lowest BCUT2D eigenvalue weighted by atomic mass is 9.82. The number of likely N-dealkylation sites (tertiary alicyclic amines) is 1. The summed E-state index contributed by atoms with van der Waals surface area (Å²) in [7, 11) is 0. The highest BCUT2D eigenvalue weighted by molar-refractivity contribution is 5.97. The van der Waals surface area contributed by atoms with Crippen LogP contribution in [0.15, 0.2) is 36.4 Å². The summed E-state index contributed by atoms with van der Waals surface area (Å²) in [4.78, 5) is 38.0. The maximum atomic E-state index is 12.5. The molecule has 2 amide bonds. The molecule has 1 N–H and O–H groups in total. The Hall–Kier alpha value is -2.63. The second kappa shape index (κ2) is 8.17. The van der Waals surface area contributed by atoms with Crippen molar-refractivity contribution >= 4 is 23.5 Å². The quantitative estimate of drug-likeness (QED) is 0.831. The Kier molecular flexibility index (Phi) is 5.71. The summed E-state index contributed by atoms with van der Waals surface area (Å²) in [6, 6.07) is 6.76. The second-order valence-corrected chi connectivity index (χ2v) is 6.89. The average molecular weight is 355 g/mol. The minimum Gasteiger partial charge on any atom is -0.550 e. The molecule has 6 nitrogen and oxygen atoms in total. The number of piperidine rings is 1. The zero-order valence-electron chi connectivity index (χ0n) is 14.6. The number of carbonyl (C=O) groups excluding carboxylic acids is 3. The molecule has 0 aromatic heterocycles. The number of amides is 2. The van der Waals surface area contributed by atoms with Crippen molar-refractivity contribution in [3.63, 3.8) is 0 Å². The third-order valence-electron chi connectivity index (χ3n) is 5.11. The Bertz CT molecular complexity index is 705. The van der Waals surface area contributed by atoms with Crippen LogP contribution in [0.25, 0.3) is 0 Å². The molecule has 1 aromatic rings. The number of aliphatic carboxylic acids is 1. The van der Waals surface area contributed by atoms with Gasteiger partial charge in [-0.2, -0.15) is 0 Å². The summed E-state index contributed by atoms with van der Waals surface area (Å²) in [5.74, 6) is -2.97. The van der Waals surface area contributed by atoms with Gasteiger partial charge in [0, 0.05) is 36.2 Å². The summed E-state index contributed by atoms with van der Waals surface area (Å²) >= 11 is 0. The van der Waals surface area contributed by atoms with E-state index in [4.69, 9.17) is 0 Å². The number of nitrogens with zero attached hydrogens (tertiary/aromatic N) is 1. The van der Waals surface area contributed by atoms with E-state index in [0.717, 1.165) is 32.4 Å². The van der Waals surface area contributed by atoms with Crippen LogP contribution in [0.2, 0.25) is 0 Å². The number of anilines is 1. The number of benzene rings is 1. The summed E-state index contributed by atoms with van der Waals surface area (Å²) in [6.07, 6.45) is 7.53. The van der Waals surface area contributed by atoms with Crippen LogP contribution in [0.4, 0.5) is 5.69 Å². The van der Waals surface area contributed by atoms with Crippen molar-refractivity contribution in [3.05, 3.63) is 42.0 Å². The van der Waals surface area contributed by atoms with E-state index in [2.05, 4.69) is 5.32 Å². The van der Waals surface area contributed by atoms with E-state index < -0.39 is 17.8 Å². The fraction of sp³-hybridized carbons (Fsp3) is 0.450. The molecule has 0 radical (unpaired) electrons. The van der Waals surface area contributed by atoms with Gasteiger partial charge in [-0.3, -0.25) is 9.59 Å². The van der Waals surface area contributed by atoms with E-state index >= 15 is 0 Å².